The summed E-state index contributed by atoms with van der Waals surface area (Å²) in [6.07, 6.45) is 3.34. The number of nitrogens with one attached hydrogen (secondary N) is 1. The van der Waals surface area contributed by atoms with E-state index in [9.17, 15) is 18.0 Å². The van der Waals surface area contributed by atoms with Crippen LogP contribution in [0.4, 0.5) is 13.2 Å². The minimum Gasteiger partial charge on any atom is -0.439 e. The quantitative estimate of drug-likeness (QED) is 0.416. The van der Waals surface area contributed by atoms with Crippen LogP contribution in [0.1, 0.15) is 54.1 Å². The predicted octanol–water partition coefficient (Wildman–Crippen LogP) is 6.68. The van der Waals surface area contributed by atoms with Gasteiger partial charge >= 0.3 is 6.18 Å². The van der Waals surface area contributed by atoms with E-state index in [0.29, 0.717) is 23.1 Å². The lowest BCUT2D eigenvalue weighted by Crippen LogP contribution is -2.38. The van der Waals surface area contributed by atoms with Crippen molar-refractivity contribution in [2.45, 2.75) is 44.8 Å². The van der Waals surface area contributed by atoms with Crippen molar-refractivity contribution >= 4 is 11.5 Å². The van der Waals surface area contributed by atoms with Gasteiger partial charge in [0, 0.05) is 30.7 Å². The Morgan fingerprint density at radius 1 is 1.08 bits per heavy atom. The Morgan fingerprint density at radius 2 is 1.92 bits per heavy atom. The lowest BCUT2D eigenvalue weighted by Gasteiger charge is -2.27. The largest absolute Gasteiger partial charge is 0.439 e. The number of carbonyl (C=O) groups excluding carboxylic acids is 1. The number of rotatable bonds is 6. The molecule has 3 atom stereocenters. The maximum absolute atomic E-state index is 12.8. The van der Waals surface area contributed by atoms with Gasteiger partial charge in [0.05, 0.1) is 11.1 Å². The first-order chi connectivity index (χ1) is 17.3. The minimum atomic E-state index is -4.44. The van der Waals surface area contributed by atoms with Gasteiger partial charge in [0.25, 0.3) is 5.91 Å². The highest BCUT2D eigenvalue weighted by Crippen LogP contribution is 2.51. The van der Waals surface area contributed by atoms with Crippen molar-refractivity contribution in [2.75, 3.05) is 0 Å². The van der Waals surface area contributed by atoms with Gasteiger partial charge in [-0.2, -0.15) is 13.2 Å². The first-order valence-electron chi connectivity index (χ1n) is 12.1. The van der Waals surface area contributed by atoms with Crippen molar-refractivity contribution in [3.8, 4) is 11.6 Å². The molecule has 2 bridgehead atoms. The van der Waals surface area contributed by atoms with Crippen LogP contribution in [0.25, 0.3) is 5.57 Å². The number of nitrogens with zero attached hydrogens (tertiary/aromatic N) is 2. The molecule has 1 aromatic carbocycles. The molecule has 2 aliphatic carbocycles. The number of allylic oxidation sites excluding steroid dienone is 2. The van der Waals surface area contributed by atoms with Crippen LogP contribution in [-0.2, 0) is 6.18 Å². The smallest absolute Gasteiger partial charge is 0.417 e. The molecule has 1 N–H and O–H groups in total. The average Bonchev–Trinajstić information content (AvgIpc) is 3.46. The highest BCUT2D eigenvalue weighted by atomic mass is 19.4. The lowest BCUT2D eigenvalue weighted by molar-refractivity contribution is -0.137. The molecule has 2 heterocycles. The fraction of sp³-hybridized carbons (Fsp3) is 0.321. The molecule has 186 valence electrons. The first kappa shape index (κ1) is 24.0. The summed E-state index contributed by atoms with van der Waals surface area (Å²) < 4.78 is 44.1. The van der Waals surface area contributed by atoms with Gasteiger partial charge in [0.1, 0.15) is 5.75 Å². The number of amides is 1. The molecule has 0 aliphatic heterocycles. The Hall–Kier alpha value is -3.68. The second-order valence-corrected chi connectivity index (χ2v) is 9.32. The summed E-state index contributed by atoms with van der Waals surface area (Å²) in [5.41, 5.74) is 3.50. The molecule has 2 fully saturated rings. The maximum Gasteiger partial charge on any atom is 0.417 e. The third-order valence-electron chi connectivity index (χ3n) is 7.12. The number of halogens is 3. The van der Waals surface area contributed by atoms with Gasteiger partial charge < -0.3 is 10.1 Å². The zero-order valence-corrected chi connectivity index (χ0v) is 19.8. The Bertz CT molecular complexity index is 1270. The summed E-state index contributed by atoms with van der Waals surface area (Å²) in [6, 6.07) is 13.5. The van der Waals surface area contributed by atoms with Gasteiger partial charge in [-0.3, -0.25) is 9.78 Å². The van der Waals surface area contributed by atoms with E-state index in [1.54, 1.807) is 30.6 Å². The van der Waals surface area contributed by atoms with E-state index in [4.69, 9.17) is 4.74 Å². The van der Waals surface area contributed by atoms with Gasteiger partial charge in [-0.1, -0.05) is 24.6 Å². The van der Waals surface area contributed by atoms with E-state index in [-0.39, 0.29) is 17.8 Å². The van der Waals surface area contributed by atoms with Crippen molar-refractivity contribution in [2.24, 2.45) is 11.8 Å². The molecule has 2 aromatic heterocycles. The fourth-order valence-electron chi connectivity index (χ4n) is 5.47. The second kappa shape index (κ2) is 9.76. The molecule has 3 aromatic rings. The van der Waals surface area contributed by atoms with Crippen molar-refractivity contribution < 1.29 is 22.7 Å². The van der Waals surface area contributed by atoms with E-state index < -0.39 is 11.7 Å². The van der Waals surface area contributed by atoms with Crippen LogP contribution in [-0.4, -0.2) is 21.9 Å². The van der Waals surface area contributed by atoms with Crippen LogP contribution in [0.2, 0.25) is 0 Å². The monoisotopic (exact) mass is 493 g/mol. The lowest BCUT2D eigenvalue weighted by atomic mass is 9.84. The zero-order chi connectivity index (χ0) is 25.3. The van der Waals surface area contributed by atoms with Crippen molar-refractivity contribution in [3.05, 3.63) is 89.4 Å². The number of benzene rings is 1. The molecule has 0 spiro atoms. The number of aromatic nitrogens is 2. The van der Waals surface area contributed by atoms with Crippen molar-refractivity contribution in [3.63, 3.8) is 0 Å². The maximum atomic E-state index is 12.8. The minimum absolute atomic E-state index is 0.0800. The molecule has 1 amide bonds. The van der Waals surface area contributed by atoms with Crippen molar-refractivity contribution in [1.29, 1.82) is 0 Å². The Kier molecular flexibility index (Phi) is 6.51. The number of hydrogen-bond donors (Lipinski definition) is 1. The number of fused-ring (bicyclic) bond motifs is 2. The van der Waals surface area contributed by atoms with Gasteiger partial charge in [-0.25, -0.2) is 4.98 Å². The third kappa shape index (κ3) is 4.98. The van der Waals surface area contributed by atoms with Gasteiger partial charge in [0.2, 0.25) is 5.88 Å². The highest BCUT2D eigenvalue weighted by molar-refractivity contribution is 5.94. The fourth-order valence-corrected chi connectivity index (χ4v) is 5.47. The number of pyridine rings is 2. The molecule has 0 saturated heterocycles. The summed E-state index contributed by atoms with van der Waals surface area (Å²) >= 11 is 0. The molecular formula is C28H26F3N3O2. The highest BCUT2D eigenvalue weighted by Gasteiger charge is 2.44. The van der Waals surface area contributed by atoms with Crippen LogP contribution >= 0.6 is 0 Å². The summed E-state index contributed by atoms with van der Waals surface area (Å²) in [4.78, 5) is 20.4. The van der Waals surface area contributed by atoms with E-state index >= 15 is 0 Å². The van der Waals surface area contributed by atoms with Gasteiger partial charge in [-0.15, -0.1) is 0 Å². The van der Waals surface area contributed by atoms with Crippen molar-refractivity contribution in [1.82, 2.24) is 15.3 Å². The molecule has 0 radical (unpaired) electrons. The molecule has 8 heteroatoms. The van der Waals surface area contributed by atoms with E-state index in [0.717, 1.165) is 43.5 Å². The third-order valence-corrected chi connectivity index (χ3v) is 7.12. The number of hydrogen-bond acceptors (Lipinski definition) is 4. The molecule has 2 saturated carbocycles. The molecule has 2 aliphatic rings. The summed E-state index contributed by atoms with van der Waals surface area (Å²) in [6.45, 7) is 2.13. The van der Waals surface area contributed by atoms with Crippen LogP contribution in [0.15, 0.2) is 72.7 Å². The van der Waals surface area contributed by atoms with Crippen LogP contribution in [0.5, 0.6) is 11.6 Å². The SMILES string of the molecule is CC/C(=C1\CC2CC1CC2NC(=O)c1cccnc1)c1cccc(Oc2ccc(C(F)(F)F)cn2)c1. The molecule has 3 unspecified atom stereocenters. The standard InChI is InChI=1S/C28H26F3N3O2/c1-2-23(17-5-3-7-22(12-17)36-26-9-8-21(16-33-26)28(29,30)31)24-13-20-11-19(24)14-25(20)34-27(35)18-6-4-10-32-15-18/h3-10,12,15-16,19-20,25H,2,11,13-14H2,1H3,(H,34,35)/b24-23-. The van der Waals surface area contributed by atoms with Gasteiger partial charge in [0.15, 0.2) is 0 Å². The normalized spacial score (nSPS) is 22.4. The van der Waals surface area contributed by atoms with E-state index in [1.165, 1.54) is 17.2 Å². The number of alkyl halides is 3. The molecule has 5 nitrogen and oxygen atoms in total. The Labute approximate surface area is 207 Å². The average molecular weight is 494 g/mol. The van der Waals surface area contributed by atoms with Crippen LogP contribution < -0.4 is 10.1 Å². The molecular weight excluding hydrogens is 467 g/mol. The zero-order valence-electron chi connectivity index (χ0n) is 19.8. The van der Waals surface area contributed by atoms with E-state index in [2.05, 4.69) is 22.2 Å². The Balaban J connectivity index is 1.29. The predicted molar refractivity (Wildman–Crippen MR) is 129 cm³/mol. The summed E-state index contributed by atoms with van der Waals surface area (Å²) in [5, 5.41) is 3.19. The van der Waals surface area contributed by atoms with Crippen LogP contribution in [0, 0.1) is 11.8 Å². The number of carbonyl (C=O) groups is 1. The first-order valence-corrected chi connectivity index (χ1v) is 12.1. The van der Waals surface area contributed by atoms with E-state index in [1.807, 2.05) is 18.2 Å². The van der Waals surface area contributed by atoms with Gasteiger partial charge in [-0.05, 0) is 79.0 Å². The Morgan fingerprint density at radius 3 is 2.56 bits per heavy atom. The molecule has 5 rings (SSSR count). The number of ether oxygens (including phenoxy) is 1. The molecule has 36 heavy (non-hydrogen) atoms. The second-order valence-electron chi connectivity index (χ2n) is 9.32. The summed E-state index contributed by atoms with van der Waals surface area (Å²) in [5.74, 6) is 1.38. The topological polar surface area (TPSA) is 64.1 Å². The van der Waals surface area contributed by atoms with Crippen LogP contribution in [0.3, 0.4) is 0 Å². The summed E-state index contributed by atoms with van der Waals surface area (Å²) in [7, 11) is 0.